The lowest BCUT2D eigenvalue weighted by Gasteiger charge is -2.24. The minimum absolute atomic E-state index is 0.0321. The van der Waals surface area contributed by atoms with Crippen molar-refractivity contribution in [1.29, 1.82) is 0 Å². The van der Waals surface area contributed by atoms with Crippen molar-refractivity contribution in [2.45, 2.75) is 26.8 Å². The monoisotopic (exact) mass is 408 g/mol. The summed E-state index contributed by atoms with van der Waals surface area (Å²) >= 11 is 0. The third kappa shape index (κ3) is 4.69. The predicted molar refractivity (Wildman–Crippen MR) is 114 cm³/mol. The first-order valence-electron chi connectivity index (χ1n) is 9.47. The summed E-state index contributed by atoms with van der Waals surface area (Å²) in [5, 5.41) is 18.1. The molecule has 0 saturated heterocycles. The Bertz CT molecular complexity index is 1050. The first-order chi connectivity index (χ1) is 14.3. The average Bonchev–Trinajstić information content (AvgIpc) is 3.24. The second kappa shape index (κ2) is 8.83. The third-order valence-electron chi connectivity index (χ3n) is 5.20. The average molecular weight is 408 g/mol. The summed E-state index contributed by atoms with van der Waals surface area (Å²) in [5.41, 5.74) is 3.72. The first-order valence-corrected chi connectivity index (χ1v) is 9.47. The highest BCUT2D eigenvalue weighted by molar-refractivity contribution is 5.94. The Morgan fingerprint density at radius 2 is 1.90 bits per heavy atom. The highest BCUT2D eigenvalue weighted by Crippen LogP contribution is 2.28. The van der Waals surface area contributed by atoms with E-state index < -0.39 is 4.92 Å². The molecule has 1 aromatic heterocycles. The summed E-state index contributed by atoms with van der Waals surface area (Å²) in [6, 6.07) is 10.9. The van der Waals surface area contributed by atoms with Gasteiger partial charge in [-0.3, -0.25) is 19.8 Å². The topological polar surface area (TPSA) is 106 Å². The number of anilines is 1. The SMILES string of the molecule is Cc1cc(NC(=O)CN(C)C(C)c2ccc(-n3cncn3)cc2)c([N+](=O)[O-])cc1C. The number of likely N-dealkylation sites (N-methyl/N-ethyl adjacent to an activating group) is 1. The Kier molecular flexibility index (Phi) is 6.22. The van der Waals surface area contributed by atoms with Crippen molar-refractivity contribution in [3.63, 3.8) is 0 Å². The summed E-state index contributed by atoms with van der Waals surface area (Å²) < 4.78 is 1.67. The molecule has 30 heavy (non-hydrogen) atoms. The van der Waals surface area contributed by atoms with E-state index in [-0.39, 0.29) is 29.9 Å². The van der Waals surface area contributed by atoms with E-state index in [0.29, 0.717) is 0 Å². The third-order valence-corrected chi connectivity index (χ3v) is 5.20. The van der Waals surface area contributed by atoms with Gasteiger partial charge in [0.25, 0.3) is 5.69 Å². The second-order valence-electron chi connectivity index (χ2n) is 7.28. The highest BCUT2D eigenvalue weighted by Gasteiger charge is 2.20. The number of nitro benzene ring substituents is 1. The molecule has 1 unspecified atom stereocenters. The number of benzene rings is 2. The smallest absolute Gasteiger partial charge is 0.293 e. The number of aromatic nitrogens is 3. The van der Waals surface area contributed by atoms with Crippen LogP contribution in [0.3, 0.4) is 0 Å². The number of hydrogen-bond acceptors (Lipinski definition) is 6. The van der Waals surface area contributed by atoms with Crippen molar-refractivity contribution in [1.82, 2.24) is 19.7 Å². The van der Waals surface area contributed by atoms with Crippen molar-refractivity contribution in [2.75, 3.05) is 18.9 Å². The van der Waals surface area contributed by atoms with Crippen LogP contribution in [0.25, 0.3) is 5.69 Å². The number of rotatable bonds is 7. The number of carbonyl (C=O) groups is 1. The molecule has 1 heterocycles. The fourth-order valence-corrected chi connectivity index (χ4v) is 3.11. The van der Waals surface area contributed by atoms with E-state index in [1.807, 2.05) is 50.1 Å². The van der Waals surface area contributed by atoms with E-state index in [1.165, 1.54) is 12.4 Å². The van der Waals surface area contributed by atoms with E-state index >= 15 is 0 Å². The standard InChI is InChI=1S/C21H24N6O3/c1-14-9-19(20(27(29)30)10-15(14)2)24-21(28)11-25(4)16(3)17-5-7-18(8-6-17)26-13-22-12-23-26/h5-10,12-13,16H,11H2,1-4H3,(H,24,28). The van der Waals surface area contributed by atoms with E-state index in [4.69, 9.17) is 0 Å². The van der Waals surface area contributed by atoms with Gasteiger partial charge in [0, 0.05) is 12.1 Å². The Hall–Kier alpha value is -3.59. The molecule has 0 saturated carbocycles. The van der Waals surface area contributed by atoms with Crippen LogP contribution in [0.4, 0.5) is 11.4 Å². The maximum atomic E-state index is 12.5. The largest absolute Gasteiger partial charge is 0.319 e. The van der Waals surface area contributed by atoms with E-state index in [9.17, 15) is 14.9 Å². The number of carbonyl (C=O) groups excluding carboxylic acids is 1. The molecule has 156 valence electrons. The molecule has 3 aromatic rings. The van der Waals surface area contributed by atoms with Crippen LogP contribution < -0.4 is 5.32 Å². The summed E-state index contributed by atoms with van der Waals surface area (Å²) in [7, 11) is 1.84. The fourth-order valence-electron chi connectivity index (χ4n) is 3.11. The minimum Gasteiger partial charge on any atom is -0.319 e. The van der Waals surface area contributed by atoms with Gasteiger partial charge in [0.1, 0.15) is 18.3 Å². The van der Waals surface area contributed by atoms with Crippen molar-refractivity contribution in [3.05, 3.63) is 75.9 Å². The van der Waals surface area contributed by atoms with Gasteiger partial charge in [-0.2, -0.15) is 5.10 Å². The van der Waals surface area contributed by atoms with Crippen LogP contribution >= 0.6 is 0 Å². The Morgan fingerprint density at radius 1 is 1.23 bits per heavy atom. The normalized spacial score (nSPS) is 12.0. The van der Waals surface area contributed by atoms with E-state index in [0.717, 1.165) is 22.4 Å². The number of nitro groups is 1. The maximum absolute atomic E-state index is 12.5. The molecular formula is C21H24N6O3. The van der Waals surface area contributed by atoms with Gasteiger partial charge < -0.3 is 5.32 Å². The van der Waals surface area contributed by atoms with Crippen LogP contribution in [-0.4, -0.2) is 44.1 Å². The molecule has 9 heteroatoms. The van der Waals surface area contributed by atoms with Crippen LogP contribution in [0.2, 0.25) is 0 Å². The van der Waals surface area contributed by atoms with Crippen LogP contribution in [0.15, 0.2) is 49.1 Å². The molecule has 1 amide bonds. The van der Waals surface area contributed by atoms with Crippen molar-refractivity contribution >= 4 is 17.3 Å². The number of aryl methyl sites for hydroxylation is 2. The van der Waals surface area contributed by atoms with Crippen molar-refractivity contribution in [2.24, 2.45) is 0 Å². The molecule has 9 nitrogen and oxygen atoms in total. The molecule has 0 aliphatic rings. The van der Waals surface area contributed by atoms with Gasteiger partial charge in [0.15, 0.2) is 0 Å². The van der Waals surface area contributed by atoms with Crippen LogP contribution in [0.1, 0.15) is 29.7 Å². The van der Waals surface area contributed by atoms with Gasteiger partial charge in [-0.25, -0.2) is 9.67 Å². The van der Waals surface area contributed by atoms with Gasteiger partial charge in [-0.05, 0) is 62.7 Å². The highest BCUT2D eigenvalue weighted by atomic mass is 16.6. The summed E-state index contributed by atoms with van der Waals surface area (Å²) in [6.45, 7) is 5.75. The van der Waals surface area contributed by atoms with Gasteiger partial charge in [-0.1, -0.05) is 12.1 Å². The van der Waals surface area contributed by atoms with Gasteiger partial charge >= 0.3 is 0 Å². The summed E-state index contributed by atoms with van der Waals surface area (Å²) in [6.07, 6.45) is 3.10. The molecule has 0 radical (unpaired) electrons. The minimum atomic E-state index is -0.481. The summed E-state index contributed by atoms with van der Waals surface area (Å²) in [5.74, 6) is -0.310. The molecule has 0 spiro atoms. The quantitative estimate of drug-likeness (QED) is 0.474. The second-order valence-corrected chi connectivity index (χ2v) is 7.28. The van der Waals surface area contributed by atoms with Crippen LogP contribution in [0, 0.1) is 24.0 Å². The molecule has 0 bridgehead atoms. The molecule has 0 aliphatic heterocycles. The number of nitrogens with zero attached hydrogens (tertiary/aromatic N) is 5. The Balaban J connectivity index is 1.67. The van der Waals surface area contributed by atoms with Crippen molar-refractivity contribution < 1.29 is 9.72 Å². The zero-order valence-corrected chi connectivity index (χ0v) is 17.4. The molecule has 0 aliphatic carbocycles. The van der Waals surface area contributed by atoms with Gasteiger partial charge in [0.2, 0.25) is 5.91 Å². The lowest BCUT2D eigenvalue weighted by molar-refractivity contribution is -0.384. The van der Waals surface area contributed by atoms with Crippen LogP contribution in [0.5, 0.6) is 0 Å². The number of nitrogens with one attached hydrogen (secondary N) is 1. The predicted octanol–water partition coefficient (Wildman–Crippen LogP) is 3.42. The maximum Gasteiger partial charge on any atom is 0.293 e. The zero-order valence-electron chi connectivity index (χ0n) is 17.4. The molecule has 1 atom stereocenters. The molecular weight excluding hydrogens is 384 g/mol. The lowest BCUT2D eigenvalue weighted by atomic mass is 10.1. The van der Waals surface area contributed by atoms with E-state index in [1.54, 1.807) is 24.0 Å². The zero-order chi connectivity index (χ0) is 21.8. The summed E-state index contributed by atoms with van der Waals surface area (Å²) in [4.78, 5) is 29.2. The van der Waals surface area contributed by atoms with Gasteiger partial charge in [-0.15, -0.1) is 0 Å². The number of hydrogen-bond donors (Lipinski definition) is 1. The first kappa shape index (κ1) is 21.1. The molecule has 0 fully saturated rings. The Morgan fingerprint density at radius 3 is 2.50 bits per heavy atom. The molecule has 3 rings (SSSR count). The van der Waals surface area contributed by atoms with Gasteiger partial charge in [0.05, 0.1) is 17.2 Å². The van der Waals surface area contributed by atoms with Crippen LogP contribution in [-0.2, 0) is 4.79 Å². The van der Waals surface area contributed by atoms with Crippen molar-refractivity contribution in [3.8, 4) is 5.69 Å². The fraction of sp³-hybridized carbons (Fsp3) is 0.286. The number of amides is 1. The lowest BCUT2D eigenvalue weighted by Crippen LogP contribution is -2.32. The molecule has 1 N–H and O–H groups in total. The van der Waals surface area contributed by atoms with E-state index in [2.05, 4.69) is 15.4 Å². The Labute approximate surface area is 174 Å². The molecule has 2 aromatic carbocycles.